The number of aromatic amines is 1. The summed E-state index contributed by atoms with van der Waals surface area (Å²) in [6.45, 7) is 2.74. The number of hydrogen-bond donors (Lipinski definition) is 2. The van der Waals surface area contributed by atoms with E-state index < -0.39 is 0 Å². The third kappa shape index (κ3) is 3.28. The van der Waals surface area contributed by atoms with Crippen molar-refractivity contribution < 1.29 is 4.79 Å². The van der Waals surface area contributed by atoms with Crippen LogP contribution in [0.5, 0.6) is 0 Å². The van der Waals surface area contributed by atoms with Crippen LogP contribution in [0, 0.1) is 0 Å². The number of benzene rings is 1. The van der Waals surface area contributed by atoms with E-state index in [4.69, 9.17) is 0 Å². The second-order valence-electron chi connectivity index (χ2n) is 5.23. The summed E-state index contributed by atoms with van der Waals surface area (Å²) in [7, 11) is 0. The maximum Gasteiger partial charge on any atom is 0.273 e. The number of likely N-dealkylation sites (tertiary alicyclic amines) is 1. The molecule has 0 spiro atoms. The SMILES string of the molecule is O=C(NCC(c1ccccc1)N1CCCC1)c1cn[nH]n1. The van der Waals surface area contributed by atoms with Gasteiger partial charge in [-0.15, -0.1) is 0 Å². The van der Waals surface area contributed by atoms with E-state index in [1.54, 1.807) is 0 Å². The lowest BCUT2D eigenvalue weighted by Crippen LogP contribution is -2.36. The average Bonchev–Trinajstić information content (AvgIpc) is 3.22. The van der Waals surface area contributed by atoms with Crippen molar-refractivity contribution in [3.8, 4) is 0 Å². The molecular formula is C15H19N5O. The Bertz CT molecular complexity index is 563. The van der Waals surface area contributed by atoms with E-state index in [0.29, 0.717) is 12.2 Å². The van der Waals surface area contributed by atoms with Crippen LogP contribution >= 0.6 is 0 Å². The highest BCUT2D eigenvalue weighted by Crippen LogP contribution is 2.24. The van der Waals surface area contributed by atoms with Gasteiger partial charge in [-0.3, -0.25) is 9.69 Å². The third-order valence-corrected chi connectivity index (χ3v) is 3.87. The van der Waals surface area contributed by atoms with Crippen LogP contribution < -0.4 is 5.32 Å². The highest BCUT2D eigenvalue weighted by atomic mass is 16.2. The van der Waals surface area contributed by atoms with Crippen LogP contribution in [0.15, 0.2) is 36.5 Å². The van der Waals surface area contributed by atoms with E-state index in [0.717, 1.165) is 13.1 Å². The second kappa shape index (κ2) is 6.49. The first kappa shape index (κ1) is 13.8. The molecule has 1 saturated heterocycles. The molecular weight excluding hydrogens is 266 g/mol. The van der Waals surface area contributed by atoms with Crippen molar-refractivity contribution in [2.24, 2.45) is 0 Å². The van der Waals surface area contributed by atoms with Gasteiger partial charge in [0.25, 0.3) is 5.91 Å². The van der Waals surface area contributed by atoms with Crippen molar-refractivity contribution >= 4 is 5.91 Å². The van der Waals surface area contributed by atoms with E-state index in [1.165, 1.54) is 24.6 Å². The van der Waals surface area contributed by atoms with Gasteiger partial charge in [0.05, 0.1) is 12.2 Å². The molecule has 21 heavy (non-hydrogen) atoms. The number of carbonyl (C=O) groups excluding carboxylic acids is 1. The summed E-state index contributed by atoms with van der Waals surface area (Å²) in [6, 6.07) is 10.5. The van der Waals surface area contributed by atoms with Crippen molar-refractivity contribution in [2.45, 2.75) is 18.9 Å². The van der Waals surface area contributed by atoms with Gasteiger partial charge in [0.15, 0.2) is 5.69 Å². The number of nitrogens with zero attached hydrogens (tertiary/aromatic N) is 3. The zero-order valence-electron chi connectivity index (χ0n) is 11.8. The van der Waals surface area contributed by atoms with Crippen molar-refractivity contribution in [1.29, 1.82) is 0 Å². The fraction of sp³-hybridized carbons (Fsp3) is 0.400. The van der Waals surface area contributed by atoms with Gasteiger partial charge in [0.1, 0.15) is 0 Å². The zero-order chi connectivity index (χ0) is 14.5. The number of hydrogen-bond acceptors (Lipinski definition) is 4. The highest BCUT2D eigenvalue weighted by molar-refractivity contribution is 5.91. The summed E-state index contributed by atoms with van der Waals surface area (Å²) in [5.41, 5.74) is 1.56. The molecule has 2 N–H and O–H groups in total. The Labute approximate surface area is 123 Å². The number of aromatic nitrogens is 3. The van der Waals surface area contributed by atoms with Gasteiger partial charge in [0.2, 0.25) is 0 Å². The molecule has 0 radical (unpaired) electrons. The Morgan fingerprint density at radius 3 is 2.71 bits per heavy atom. The van der Waals surface area contributed by atoms with Crippen LogP contribution in [0.1, 0.15) is 34.9 Å². The average molecular weight is 285 g/mol. The van der Waals surface area contributed by atoms with E-state index in [9.17, 15) is 4.79 Å². The van der Waals surface area contributed by atoms with Crippen molar-refractivity contribution in [3.05, 3.63) is 47.8 Å². The highest BCUT2D eigenvalue weighted by Gasteiger charge is 2.24. The molecule has 1 fully saturated rings. The normalized spacial score (nSPS) is 16.8. The van der Waals surface area contributed by atoms with Crippen LogP contribution in [0.25, 0.3) is 0 Å². The first-order chi connectivity index (χ1) is 10.3. The van der Waals surface area contributed by atoms with Crippen LogP contribution in [-0.4, -0.2) is 45.9 Å². The maximum absolute atomic E-state index is 12.0. The Hall–Kier alpha value is -2.21. The molecule has 1 atom stereocenters. The molecule has 6 heteroatoms. The smallest absolute Gasteiger partial charge is 0.273 e. The lowest BCUT2D eigenvalue weighted by molar-refractivity contribution is 0.0933. The van der Waals surface area contributed by atoms with E-state index in [2.05, 4.69) is 37.8 Å². The molecule has 6 nitrogen and oxygen atoms in total. The van der Waals surface area contributed by atoms with Gasteiger partial charge in [-0.25, -0.2) is 0 Å². The van der Waals surface area contributed by atoms with Gasteiger partial charge >= 0.3 is 0 Å². The Morgan fingerprint density at radius 2 is 2.05 bits per heavy atom. The van der Waals surface area contributed by atoms with Gasteiger partial charge in [-0.2, -0.15) is 15.4 Å². The minimum atomic E-state index is -0.191. The molecule has 1 aliphatic rings. The first-order valence-corrected chi connectivity index (χ1v) is 7.27. The maximum atomic E-state index is 12.0. The van der Waals surface area contributed by atoms with Crippen molar-refractivity contribution in [3.63, 3.8) is 0 Å². The van der Waals surface area contributed by atoms with Crippen molar-refractivity contribution in [2.75, 3.05) is 19.6 Å². The largest absolute Gasteiger partial charge is 0.349 e. The summed E-state index contributed by atoms with van der Waals surface area (Å²) in [6.07, 6.45) is 3.88. The molecule has 1 aliphatic heterocycles. The molecule has 1 unspecified atom stereocenters. The quantitative estimate of drug-likeness (QED) is 0.870. The van der Waals surface area contributed by atoms with Crippen LogP contribution in [0.2, 0.25) is 0 Å². The standard InChI is InChI=1S/C15H19N5O/c21-15(13-10-17-19-18-13)16-11-14(20-8-4-5-9-20)12-6-2-1-3-7-12/h1-3,6-7,10,14H,4-5,8-9,11H2,(H,16,21)(H,17,18,19). The van der Waals surface area contributed by atoms with E-state index in [-0.39, 0.29) is 11.9 Å². The van der Waals surface area contributed by atoms with Crippen LogP contribution in [0.4, 0.5) is 0 Å². The minimum Gasteiger partial charge on any atom is -0.349 e. The molecule has 0 saturated carbocycles. The predicted molar refractivity (Wildman–Crippen MR) is 78.7 cm³/mol. The molecule has 0 bridgehead atoms. The number of H-pyrrole nitrogens is 1. The van der Waals surface area contributed by atoms with Crippen LogP contribution in [0.3, 0.4) is 0 Å². The van der Waals surface area contributed by atoms with E-state index >= 15 is 0 Å². The summed E-state index contributed by atoms with van der Waals surface area (Å²) < 4.78 is 0. The molecule has 0 aliphatic carbocycles. The molecule has 3 rings (SSSR count). The number of carbonyl (C=O) groups is 1. The molecule has 1 aromatic heterocycles. The Balaban J connectivity index is 1.69. The monoisotopic (exact) mass is 285 g/mol. The molecule has 2 heterocycles. The second-order valence-corrected chi connectivity index (χ2v) is 5.23. The molecule has 110 valence electrons. The lowest BCUT2D eigenvalue weighted by atomic mass is 10.1. The van der Waals surface area contributed by atoms with Gasteiger partial charge < -0.3 is 5.32 Å². The van der Waals surface area contributed by atoms with Crippen LogP contribution in [-0.2, 0) is 0 Å². The topological polar surface area (TPSA) is 73.9 Å². The summed E-state index contributed by atoms with van der Waals surface area (Å²) in [5.74, 6) is -0.191. The fourth-order valence-electron chi connectivity index (χ4n) is 2.78. The Morgan fingerprint density at radius 1 is 1.29 bits per heavy atom. The number of amides is 1. The summed E-state index contributed by atoms with van der Waals surface area (Å²) >= 11 is 0. The molecule has 1 amide bonds. The third-order valence-electron chi connectivity index (χ3n) is 3.87. The van der Waals surface area contributed by atoms with Gasteiger partial charge in [-0.05, 0) is 31.5 Å². The number of nitrogens with one attached hydrogen (secondary N) is 2. The van der Waals surface area contributed by atoms with Gasteiger partial charge in [-0.1, -0.05) is 30.3 Å². The van der Waals surface area contributed by atoms with E-state index in [1.807, 2.05) is 18.2 Å². The Kier molecular flexibility index (Phi) is 4.25. The summed E-state index contributed by atoms with van der Waals surface area (Å²) in [5, 5.41) is 12.9. The fourth-order valence-corrected chi connectivity index (χ4v) is 2.78. The zero-order valence-corrected chi connectivity index (χ0v) is 11.8. The lowest BCUT2D eigenvalue weighted by Gasteiger charge is -2.28. The molecule has 2 aromatic rings. The van der Waals surface area contributed by atoms with Crippen molar-refractivity contribution in [1.82, 2.24) is 25.6 Å². The summed E-state index contributed by atoms with van der Waals surface area (Å²) in [4.78, 5) is 14.4. The minimum absolute atomic E-state index is 0.191. The van der Waals surface area contributed by atoms with Gasteiger partial charge in [0, 0.05) is 6.54 Å². The molecule has 1 aromatic carbocycles. The predicted octanol–water partition coefficient (Wildman–Crippen LogP) is 1.37. The first-order valence-electron chi connectivity index (χ1n) is 7.27. The number of rotatable bonds is 5.